The average molecular weight is 314 g/mol. The van der Waals surface area contributed by atoms with Gasteiger partial charge in [0, 0.05) is 11.1 Å². The van der Waals surface area contributed by atoms with Crippen molar-refractivity contribution in [1.29, 1.82) is 0 Å². The Hall–Kier alpha value is -1.99. The number of hydrogen-bond donors (Lipinski definition) is 0. The number of hydrogen-bond acceptors (Lipinski definition) is 3. The lowest BCUT2D eigenvalue weighted by Crippen LogP contribution is -2.07. The van der Waals surface area contributed by atoms with E-state index in [0.29, 0.717) is 11.1 Å². The largest absolute Gasteiger partial charge is 0.310 e. The van der Waals surface area contributed by atoms with Crippen LogP contribution in [0.5, 0.6) is 0 Å². The zero-order chi connectivity index (χ0) is 16.4. The molecular weight excluding hydrogens is 295 g/mol. The lowest BCUT2D eigenvalue weighted by molar-refractivity contribution is 0.104. The summed E-state index contributed by atoms with van der Waals surface area (Å²) in [5.74, 6) is 0. The van der Waals surface area contributed by atoms with Crippen LogP contribution in [0.1, 0.15) is 43.0 Å². The van der Waals surface area contributed by atoms with Crippen molar-refractivity contribution in [3.05, 3.63) is 69.8 Å². The summed E-state index contributed by atoms with van der Waals surface area (Å²) in [5.41, 5.74) is 2.71. The van der Waals surface area contributed by atoms with E-state index >= 15 is 0 Å². The first kappa shape index (κ1) is 16.4. The summed E-state index contributed by atoms with van der Waals surface area (Å²) in [7, 11) is -3.07. The molecule has 0 fully saturated rings. The quantitative estimate of drug-likeness (QED) is 0.783. The summed E-state index contributed by atoms with van der Waals surface area (Å²) in [6.07, 6.45) is 0. The summed E-state index contributed by atoms with van der Waals surface area (Å²) in [4.78, 5) is 25.1. The Morgan fingerprint density at radius 2 is 0.955 bits per heavy atom. The zero-order valence-electron chi connectivity index (χ0n) is 13.2. The molecule has 4 heteroatoms. The molecule has 22 heavy (non-hydrogen) atoms. The lowest BCUT2D eigenvalue weighted by atomic mass is 10.0. The third kappa shape index (κ3) is 2.95. The molecule has 3 nitrogen and oxygen atoms in total. The number of benzene rings is 2. The summed E-state index contributed by atoms with van der Waals surface area (Å²) < 4.78 is 12.5. The zero-order valence-corrected chi connectivity index (χ0v) is 14.2. The van der Waals surface area contributed by atoms with Crippen molar-refractivity contribution in [3.63, 3.8) is 0 Å². The molecule has 0 saturated carbocycles. The highest BCUT2D eigenvalue weighted by atomic mass is 31.1. The fraction of sp³-hybridized carbons (Fsp3) is 0.222. The van der Waals surface area contributed by atoms with Crippen LogP contribution in [0, 0.1) is 27.7 Å². The van der Waals surface area contributed by atoms with E-state index < -0.39 is 18.8 Å². The van der Waals surface area contributed by atoms with Gasteiger partial charge in [0.15, 0.2) is 0 Å². The van der Waals surface area contributed by atoms with Gasteiger partial charge in [-0.05, 0) is 49.9 Å². The van der Waals surface area contributed by atoms with Crippen LogP contribution in [0.15, 0.2) is 36.4 Å². The molecule has 0 unspecified atom stereocenters. The fourth-order valence-corrected chi connectivity index (χ4v) is 4.12. The Morgan fingerprint density at radius 1 is 0.682 bits per heavy atom. The van der Waals surface area contributed by atoms with E-state index in [1.807, 2.05) is 12.1 Å². The molecule has 0 spiro atoms. The molecule has 0 aliphatic heterocycles. The first-order valence-corrected chi connectivity index (χ1v) is 8.51. The Labute approximate surface area is 131 Å². The minimum Gasteiger partial charge on any atom is -0.310 e. The molecular formula is C18H19O3P. The van der Waals surface area contributed by atoms with Crippen molar-refractivity contribution >= 4 is 18.8 Å². The molecule has 0 heterocycles. The van der Waals surface area contributed by atoms with Crippen molar-refractivity contribution in [2.45, 2.75) is 27.7 Å². The van der Waals surface area contributed by atoms with Gasteiger partial charge in [0.2, 0.25) is 18.8 Å². The molecule has 0 saturated heterocycles. The molecule has 0 aliphatic rings. The average Bonchev–Trinajstić information content (AvgIpc) is 2.45. The molecule has 0 bridgehead atoms. The summed E-state index contributed by atoms with van der Waals surface area (Å²) in [6.45, 7) is 7.16. The molecule has 0 aromatic heterocycles. The van der Waals surface area contributed by atoms with Crippen LogP contribution in [-0.4, -0.2) is 11.0 Å². The Bertz CT molecular complexity index is 685. The number of rotatable bonds is 4. The highest BCUT2D eigenvalue weighted by molar-refractivity contribution is 7.80. The van der Waals surface area contributed by atoms with Gasteiger partial charge in [0.05, 0.1) is 0 Å². The van der Waals surface area contributed by atoms with Crippen molar-refractivity contribution in [3.8, 4) is 0 Å². The van der Waals surface area contributed by atoms with Crippen LogP contribution in [0.25, 0.3) is 0 Å². The van der Waals surface area contributed by atoms with Gasteiger partial charge in [-0.2, -0.15) is 0 Å². The van der Waals surface area contributed by atoms with Gasteiger partial charge in [0.1, 0.15) is 0 Å². The predicted octanol–water partition coefficient (Wildman–Crippen LogP) is 4.46. The van der Waals surface area contributed by atoms with Gasteiger partial charge in [-0.15, -0.1) is 0 Å². The minimum atomic E-state index is -3.07. The number of carbonyl (C=O) groups excluding carboxylic acids is 2. The minimum absolute atomic E-state index is 0.408. The number of carbonyl (C=O) groups is 2. The van der Waals surface area contributed by atoms with E-state index in [-0.39, 0.29) is 0 Å². The van der Waals surface area contributed by atoms with E-state index in [2.05, 4.69) is 0 Å². The maximum absolute atomic E-state index is 12.5. The molecule has 2 aromatic rings. The molecule has 0 N–H and O–H groups in total. The Kier molecular flexibility index (Phi) is 4.77. The summed E-state index contributed by atoms with van der Waals surface area (Å²) in [6, 6.07) is 10.8. The molecule has 2 rings (SSSR count). The van der Waals surface area contributed by atoms with Crippen LogP contribution < -0.4 is 0 Å². The molecule has 0 amide bonds. The second-order valence-corrected chi connectivity index (χ2v) is 7.09. The van der Waals surface area contributed by atoms with Gasteiger partial charge in [0.25, 0.3) is 0 Å². The van der Waals surface area contributed by atoms with E-state index in [1.165, 1.54) is 0 Å². The van der Waals surface area contributed by atoms with E-state index in [9.17, 15) is 14.2 Å². The van der Waals surface area contributed by atoms with Gasteiger partial charge in [-0.1, -0.05) is 36.4 Å². The Morgan fingerprint density at radius 3 is 1.23 bits per heavy atom. The monoisotopic (exact) mass is 314 g/mol. The maximum Gasteiger partial charge on any atom is 0.226 e. The van der Waals surface area contributed by atoms with Gasteiger partial charge in [-0.25, -0.2) is 0 Å². The van der Waals surface area contributed by atoms with Crippen LogP contribution in [0.2, 0.25) is 0 Å². The molecule has 0 atom stereocenters. The maximum atomic E-state index is 12.5. The molecule has 0 radical (unpaired) electrons. The summed E-state index contributed by atoms with van der Waals surface area (Å²) >= 11 is 0. The second-order valence-electron chi connectivity index (χ2n) is 5.52. The molecule has 0 aliphatic carbocycles. The topological polar surface area (TPSA) is 51.2 Å². The van der Waals surface area contributed by atoms with Crippen LogP contribution >= 0.6 is 7.80 Å². The normalized spacial score (nSPS) is 10.8. The first-order valence-electron chi connectivity index (χ1n) is 7.10. The molecule has 2 aromatic carbocycles. The lowest BCUT2D eigenvalue weighted by Gasteiger charge is -2.10. The van der Waals surface area contributed by atoms with Crippen molar-refractivity contribution in [2.24, 2.45) is 0 Å². The van der Waals surface area contributed by atoms with E-state index in [1.54, 1.807) is 52.0 Å². The summed E-state index contributed by atoms with van der Waals surface area (Å²) in [5, 5.41) is 0. The van der Waals surface area contributed by atoms with Crippen LogP contribution in [-0.2, 0) is 4.57 Å². The van der Waals surface area contributed by atoms with Crippen molar-refractivity contribution < 1.29 is 14.2 Å². The van der Waals surface area contributed by atoms with Gasteiger partial charge in [-0.3, -0.25) is 9.59 Å². The Balaban J connectivity index is 2.44. The third-order valence-electron chi connectivity index (χ3n) is 3.83. The van der Waals surface area contributed by atoms with E-state index in [0.717, 1.165) is 22.3 Å². The van der Waals surface area contributed by atoms with Gasteiger partial charge >= 0.3 is 0 Å². The van der Waals surface area contributed by atoms with Crippen LogP contribution in [0.3, 0.4) is 0 Å². The predicted molar refractivity (Wildman–Crippen MR) is 89.5 cm³/mol. The van der Waals surface area contributed by atoms with Crippen molar-refractivity contribution in [2.75, 3.05) is 0 Å². The fourth-order valence-electron chi connectivity index (χ4n) is 2.68. The highest BCUT2D eigenvalue weighted by Crippen LogP contribution is 2.35. The van der Waals surface area contributed by atoms with Crippen molar-refractivity contribution in [1.82, 2.24) is 0 Å². The van der Waals surface area contributed by atoms with E-state index in [4.69, 9.17) is 0 Å². The first-order chi connectivity index (χ1) is 10.3. The third-order valence-corrected chi connectivity index (χ3v) is 5.15. The van der Waals surface area contributed by atoms with Gasteiger partial charge < -0.3 is 4.57 Å². The highest BCUT2D eigenvalue weighted by Gasteiger charge is 2.27. The standard InChI is InChI=1S/C18H19O3P/c1-11-7-5-8-12(2)15(11)17(19)22(21)18(20)16-13(3)9-6-10-14(16)4/h5-10,22H,1-4H3. The second kappa shape index (κ2) is 6.41. The SMILES string of the molecule is Cc1cccc(C)c1C(=O)[PH](=O)C(=O)c1c(C)cccc1C. The van der Waals surface area contributed by atoms with Crippen LogP contribution in [0.4, 0.5) is 0 Å². The molecule has 114 valence electrons. The number of aryl methyl sites for hydroxylation is 4. The smallest absolute Gasteiger partial charge is 0.226 e.